The quantitative estimate of drug-likeness (QED) is 0.912. The molecule has 0 radical (unpaired) electrons. The standard InChI is InChI=1S/C15H20N4/c1-12-6-7-16-10-13(12)11-18-15-17-8-9-19(15)14-4-2-3-5-14/h6-10,14H,2-5,11H2,1H3,(H,17,18). The zero-order valence-electron chi connectivity index (χ0n) is 11.3. The van der Waals surface area contributed by atoms with Gasteiger partial charge in [0.1, 0.15) is 0 Å². The lowest BCUT2D eigenvalue weighted by atomic mass is 10.2. The number of hydrogen-bond donors (Lipinski definition) is 1. The molecule has 19 heavy (non-hydrogen) atoms. The van der Waals surface area contributed by atoms with Gasteiger partial charge < -0.3 is 9.88 Å². The summed E-state index contributed by atoms with van der Waals surface area (Å²) in [6, 6.07) is 2.67. The molecule has 100 valence electrons. The molecule has 2 heterocycles. The van der Waals surface area contributed by atoms with Crippen molar-refractivity contribution in [3.05, 3.63) is 42.0 Å². The van der Waals surface area contributed by atoms with Gasteiger partial charge in [-0.25, -0.2) is 4.98 Å². The molecule has 1 fully saturated rings. The van der Waals surface area contributed by atoms with E-state index in [1.807, 2.05) is 24.7 Å². The van der Waals surface area contributed by atoms with Crippen LogP contribution in [-0.2, 0) is 6.54 Å². The number of aromatic nitrogens is 3. The second-order valence-electron chi connectivity index (χ2n) is 5.25. The van der Waals surface area contributed by atoms with Crippen molar-refractivity contribution in [1.82, 2.24) is 14.5 Å². The summed E-state index contributed by atoms with van der Waals surface area (Å²) in [5, 5.41) is 3.44. The molecule has 1 saturated carbocycles. The number of aryl methyl sites for hydroxylation is 1. The van der Waals surface area contributed by atoms with Gasteiger partial charge in [0.05, 0.1) is 0 Å². The maximum absolute atomic E-state index is 4.44. The lowest BCUT2D eigenvalue weighted by Crippen LogP contribution is -2.11. The minimum Gasteiger partial charge on any atom is -0.352 e. The number of nitrogens with zero attached hydrogens (tertiary/aromatic N) is 3. The summed E-state index contributed by atoms with van der Waals surface area (Å²) < 4.78 is 2.29. The van der Waals surface area contributed by atoms with Crippen LogP contribution in [0.5, 0.6) is 0 Å². The SMILES string of the molecule is Cc1ccncc1CNc1nccn1C1CCCC1. The first-order chi connectivity index (χ1) is 9.34. The predicted octanol–water partition coefficient (Wildman–Crippen LogP) is 3.31. The molecule has 2 aromatic heterocycles. The number of nitrogens with one attached hydrogen (secondary N) is 1. The smallest absolute Gasteiger partial charge is 0.203 e. The monoisotopic (exact) mass is 256 g/mol. The third-order valence-electron chi connectivity index (χ3n) is 3.97. The number of hydrogen-bond acceptors (Lipinski definition) is 3. The Morgan fingerprint density at radius 3 is 2.95 bits per heavy atom. The highest BCUT2D eigenvalue weighted by atomic mass is 15.2. The van der Waals surface area contributed by atoms with Crippen LogP contribution in [-0.4, -0.2) is 14.5 Å². The van der Waals surface area contributed by atoms with Gasteiger partial charge in [-0.15, -0.1) is 0 Å². The zero-order chi connectivity index (χ0) is 13.1. The summed E-state index contributed by atoms with van der Waals surface area (Å²) in [6.07, 6.45) is 13.0. The average molecular weight is 256 g/mol. The lowest BCUT2D eigenvalue weighted by molar-refractivity contribution is 0.523. The Bertz CT molecular complexity index is 541. The third-order valence-corrected chi connectivity index (χ3v) is 3.97. The lowest BCUT2D eigenvalue weighted by Gasteiger charge is -2.16. The van der Waals surface area contributed by atoms with Crippen molar-refractivity contribution in [2.45, 2.75) is 45.2 Å². The topological polar surface area (TPSA) is 42.7 Å². The molecular formula is C15H20N4. The van der Waals surface area contributed by atoms with Gasteiger partial charge in [0.15, 0.2) is 0 Å². The Balaban J connectivity index is 1.70. The molecule has 0 atom stereocenters. The van der Waals surface area contributed by atoms with Gasteiger partial charge in [0.2, 0.25) is 5.95 Å². The molecule has 2 aromatic rings. The van der Waals surface area contributed by atoms with Crippen LogP contribution in [0.2, 0.25) is 0 Å². The normalized spacial score (nSPS) is 15.8. The molecule has 4 heteroatoms. The highest BCUT2D eigenvalue weighted by molar-refractivity contribution is 5.31. The van der Waals surface area contributed by atoms with E-state index in [1.165, 1.54) is 36.8 Å². The number of imidazole rings is 1. The van der Waals surface area contributed by atoms with Gasteiger partial charge in [0, 0.05) is 37.4 Å². The van der Waals surface area contributed by atoms with Crippen LogP contribution < -0.4 is 5.32 Å². The van der Waals surface area contributed by atoms with Crippen LogP contribution in [0.25, 0.3) is 0 Å². The second-order valence-corrected chi connectivity index (χ2v) is 5.25. The molecule has 0 spiro atoms. The molecule has 0 unspecified atom stereocenters. The van der Waals surface area contributed by atoms with E-state index in [-0.39, 0.29) is 0 Å². The van der Waals surface area contributed by atoms with Crippen molar-refractivity contribution in [3.63, 3.8) is 0 Å². The van der Waals surface area contributed by atoms with Gasteiger partial charge in [-0.1, -0.05) is 12.8 Å². The maximum Gasteiger partial charge on any atom is 0.203 e. The zero-order valence-corrected chi connectivity index (χ0v) is 11.3. The van der Waals surface area contributed by atoms with Crippen molar-refractivity contribution >= 4 is 5.95 Å². The highest BCUT2D eigenvalue weighted by Gasteiger charge is 2.18. The Kier molecular flexibility index (Phi) is 3.49. The Morgan fingerprint density at radius 2 is 2.16 bits per heavy atom. The van der Waals surface area contributed by atoms with Crippen molar-refractivity contribution in [2.75, 3.05) is 5.32 Å². The molecular weight excluding hydrogens is 236 g/mol. The number of anilines is 1. The summed E-state index contributed by atoms with van der Waals surface area (Å²) >= 11 is 0. The first kappa shape index (κ1) is 12.2. The fourth-order valence-electron chi connectivity index (χ4n) is 2.78. The van der Waals surface area contributed by atoms with E-state index in [9.17, 15) is 0 Å². The molecule has 0 aromatic carbocycles. The van der Waals surface area contributed by atoms with Crippen LogP contribution in [0, 0.1) is 6.92 Å². The van der Waals surface area contributed by atoms with Gasteiger partial charge >= 0.3 is 0 Å². The van der Waals surface area contributed by atoms with E-state index >= 15 is 0 Å². The minimum atomic E-state index is 0.625. The third kappa shape index (κ3) is 2.62. The molecule has 0 bridgehead atoms. The Morgan fingerprint density at radius 1 is 1.32 bits per heavy atom. The van der Waals surface area contributed by atoms with Gasteiger partial charge in [-0.05, 0) is 37.0 Å². The summed E-state index contributed by atoms with van der Waals surface area (Å²) in [7, 11) is 0. The average Bonchev–Trinajstić information content (AvgIpc) is 3.08. The molecule has 1 aliphatic carbocycles. The van der Waals surface area contributed by atoms with Crippen LogP contribution in [0.1, 0.15) is 42.9 Å². The molecule has 0 amide bonds. The van der Waals surface area contributed by atoms with E-state index in [4.69, 9.17) is 0 Å². The summed E-state index contributed by atoms with van der Waals surface area (Å²) in [6.45, 7) is 2.89. The first-order valence-corrected chi connectivity index (χ1v) is 7.01. The van der Waals surface area contributed by atoms with Crippen molar-refractivity contribution < 1.29 is 0 Å². The fourth-order valence-corrected chi connectivity index (χ4v) is 2.78. The molecule has 4 nitrogen and oxygen atoms in total. The van der Waals surface area contributed by atoms with Gasteiger partial charge in [-0.3, -0.25) is 4.98 Å². The van der Waals surface area contributed by atoms with Crippen LogP contribution >= 0.6 is 0 Å². The Labute approximate surface area is 113 Å². The Hall–Kier alpha value is -1.84. The molecule has 1 N–H and O–H groups in total. The van der Waals surface area contributed by atoms with Crippen molar-refractivity contribution in [1.29, 1.82) is 0 Å². The molecule has 3 rings (SSSR count). The summed E-state index contributed by atoms with van der Waals surface area (Å²) in [5.41, 5.74) is 2.49. The van der Waals surface area contributed by atoms with Gasteiger partial charge in [0.25, 0.3) is 0 Å². The predicted molar refractivity (Wildman–Crippen MR) is 76.0 cm³/mol. The second kappa shape index (κ2) is 5.43. The molecule has 0 saturated heterocycles. The summed E-state index contributed by atoms with van der Waals surface area (Å²) in [4.78, 5) is 8.62. The van der Waals surface area contributed by atoms with E-state index < -0.39 is 0 Å². The molecule has 0 aliphatic heterocycles. The van der Waals surface area contributed by atoms with Crippen molar-refractivity contribution in [2.24, 2.45) is 0 Å². The minimum absolute atomic E-state index is 0.625. The van der Waals surface area contributed by atoms with E-state index in [2.05, 4.69) is 33.0 Å². The van der Waals surface area contributed by atoms with E-state index in [0.717, 1.165) is 12.5 Å². The maximum atomic E-state index is 4.44. The largest absolute Gasteiger partial charge is 0.352 e. The summed E-state index contributed by atoms with van der Waals surface area (Å²) in [5.74, 6) is 0.982. The van der Waals surface area contributed by atoms with Crippen LogP contribution in [0.3, 0.4) is 0 Å². The van der Waals surface area contributed by atoms with E-state index in [0.29, 0.717) is 6.04 Å². The molecule has 1 aliphatic rings. The van der Waals surface area contributed by atoms with Crippen molar-refractivity contribution in [3.8, 4) is 0 Å². The number of pyridine rings is 1. The number of rotatable bonds is 4. The first-order valence-electron chi connectivity index (χ1n) is 7.01. The highest BCUT2D eigenvalue weighted by Crippen LogP contribution is 2.31. The van der Waals surface area contributed by atoms with Gasteiger partial charge in [-0.2, -0.15) is 0 Å². The fraction of sp³-hybridized carbons (Fsp3) is 0.467. The van der Waals surface area contributed by atoms with E-state index in [1.54, 1.807) is 0 Å². The van der Waals surface area contributed by atoms with Crippen LogP contribution in [0.4, 0.5) is 5.95 Å². The van der Waals surface area contributed by atoms with Crippen LogP contribution in [0.15, 0.2) is 30.9 Å².